The molecule has 1 aliphatic rings. The van der Waals surface area contributed by atoms with Gasteiger partial charge in [-0.25, -0.2) is 9.79 Å². The van der Waals surface area contributed by atoms with E-state index in [0.717, 1.165) is 21.2 Å². The Morgan fingerprint density at radius 1 is 1.07 bits per heavy atom. The van der Waals surface area contributed by atoms with Gasteiger partial charge < -0.3 is 9.47 Å². The molecule has 0 saturated carbocycles. The second-order valence-electron chi connectivity index (χ2n) is 8.96. The Hall–Kier alpha value is -3.17. The number of halogens is 3. The monoisotopic (exact) mass is 656 g/mol. The van der Waals surface area contributed by atoms with Gasteiger partial charge in [-0.15, -0.1) is 0 Å². The highest BCUT2D eigenvalue weighted by molar-refractivity contribution is 9.10. The Bertz CT molecular complexity index is 1800. The van der Waals surface area contributed by atoms with Crippen LogP contribution in [0.25, 0.3) is 6.08 Å². The number of rotatable bonds is 7. The summed E-state index contributed by atoms with van der Waals surface area (Å²) in [6.07, 6.45) is 1.81. The molecule has 3 aromatic carbocycles. The first-order valence-electron chi connectivity index (χ1n) is 12.4. The Morgan fingerprint density at radius 2 is 1.75 bits per heavy atom. The molecule has 6 nitrogen and oxygen atoms in total. The van der Waals surface area contributed by atoms with Crippen molar-refractivity contribution in [3.63, 3.8) is 0 Å². The summed E-state index contributed by atoms with van der Waals surface area (Å²) in [7, 11) is 0. The van der Waals surface area contributed by atoms with E-state index in [4.69, 9.17) is 32.7 Å². The van der Waals surface area contributed by atoms with Gasteiger partial charge in [0.1, 0.15) is 12.4 Å². The summed E-state index contributed by atoms with van der Waals surface area (Å²) >= 11 is 16.9. The average Bonchev–Trinajstić information content (AvgIpc) is 3.23. The van der Waals surface area contributed by atoms with Crippen LogP contribution in [0.2, 0.25) is 10.0 Å². The predicted octanol–water partition coefficient (Wildman–Crippen LogP) is 6.45. The summed E-state index contributed by atoms with van der Waals surface area (Å²) in [6, 6.07) is 19.5. The van der Waals surface area contributed by atoms with E-state index in [-0.39, 0.29) is 12.2 Å². The smallest absolute Gasteiger partial charge is 0.338 e. The van der Waals surface area contributed by atoms with Crippen LogP contribution >= 0.6 is 50.5 Å². The van der Waals surface area contributed by atoms with E-state index >= 15 is 0 Å². The molecule has 0 aliphatic carbocycles. The van der Waals surface area contributed by atoms with Gasteiger partial charge in [0.2, 0.25) is 0 Å². The molecule has 2 heterocycles. The van der Waals surface area contributed by atoms with Crippen molar-refractivity contribution in [3.05, 3.63) is 129 Å². The highest BCUT2D eigenvalue weighted by atomic mass is 79.9. The van der Waals surface area contributed by atoms with Crippen molar-refractivity contribution in [2.75, 3.05) is 6.61 Å². The van der Waals surface area contributed by atoms with Crippen LogP contribution in [0.1, 0.15) is 36.6 Å². The van der Waals surface area contributed by atoms with Crippen molar-refractivity contribution in [3.8, 4) is 5.75 Å². The molecule has 0 amide bonds. The van der Waals surface area contributed by atoms with E-state index in [9.17, 15) is 9.59 Å². The number of nitrogens with zero attached hydrogens (tertiary/aromatic N) is 2. The molecule has 0 fully saturated rings. The Kier molecular flexibility index (Phi) is 8.61. The second kappa shape index (κ2) is 12.1. The van der Waals surface area contributed by atoms with E-state index in [0.29, 0.717) is 43.0 Å². The Labute approximate surface area is 252 Å². The molecule has 0 bridgehead atoms. The number of allylic oxidation sites excluding steroid dienone is 1. The number of fused-ring (bicyclic) bond motifs is 1. The largest absolute Gasteiger partial charge is 0.488 e. The molecular formula is C30H23BrCl2N2O4S. The van der Waals surface area contributed by atoms with Crippen LogP contribution in [0.3, 0.4) is 0 Å². The van der Waals surface area contributed by atoms with Crippen LogP contribution in [0, 0.1) is 0 Å². The number of hydrogen-bond acceptors (Lipinski definition) is 6. The molecule has 5 rings (SSSR count). The van der Waals surface area contributed by atoms with Gasteiger partial charge in [0.15, 0.2) is 4.80 Å². The molecule has 0 spiro atoms. The van der Waals surface area contributed by atoms with Crippen molar-refractivity contribution >= 4 is 62.5 Å². The van der Waals surface area contributed by atoms with E-state index in [1.165, 1.54) is 11.3 Å². The molecule has 4 aromatic rings. The maximum Gasteiger partial charge on any atom is 0.338 e. The molecule has 0 unspecified atom stereocenters. The minimum atomic E-state index is -0.690. The van der Waals surface area contributed by atoms with Crippen molar-refractivity contribution in [2.24, 2.45) is 4.99 Å². The lowest BCUT2D eigenvalue weighted by Crippen LogP contribution is -2.39. The minimum Gasteiger partial charge on any atom is -0.488 e. The maximum absolute atomic E-state index is 13.8. The van der Waals surface area contributed by atoms with Gasteiger partial charge in [0, 0.05) is 10.0 Å². The molecule has 204 valence electrons. The number of carbonyl (C=O) groups excluding carboxylic acids is 1. The van der Waals surface area contributed by atoms with Crippen LogP contribution in [0.5, 0.6) is 5.75 Å². The fraction of sp³-hybridized carbons (Fsp3) is 0.167. The first-order chi connectivity index (χ1) is 19.2. The third-order valence-electron chi connectivity index (χ3n) is 6.26. The fourth-order valence-corrected chi connectivity index (χ4v) is 6.18. The lowest BCUT2D eigenvalue weighted by molar-refractivity contribution is -0.139. The van der Waals surface area contributed by atoms with Gasteiger partial charge in [-0.1, -0.05) is 64.9 Å². The van der Waals surface area contributed by atoms with Crippen LogP contribution in [-0.4, -0.2) is 17.1 Å². The third-order valence-corrected chi connectivity index (χ3v) is 8.37. The summed E-state index contributed by atoms with van der Waals surface area (Å²) in [6.45, 7) is 4.10. The van der Waals surface area contributed by atoms with Crippen LogP contribution in [-0.2, 0) is 16.1 Å². The SMILES string of the molecule is CCOC(=O)C1=C(C)N=c2s/c(=C\c3ccc(OCc4ccc(Cl)cc4)c(Br)c3)c(=O)n2[C@@H]1c1ccc(Cl)cc1. The molecule has 1 atom stereocenters. The second-order valence-corrected chi connectivity index (χ2v) is 11.7. The zero-order chi connectivity index (χ0) is 28.4. The summed E-state index contributed by atoms with van der Waals surface area (Å²) in [4.78, 5) is 31.9. The van der Waals surface area contributed by atoms with E-state index in [2.05, 4.69) is 20.9 Å². The number of aromatic nitrogens is 1. The standard InChI is InChI=1S/C30H23BrCl2N2O4S/c1-3-38-29(37)26-17(2)34-30-35(27(26)20-7-11-22(33)12-8-20)28(36)25(40-30)15-19-6-13-24(23(31)14-19)39-16-18-4-9-21(32)10-5-18/h4-15,27H,3,16H2,1-2H3/b25-15-/t27-/m1/s1. The molecular weight excluding hydrogens is 635 g/mol. The number of esters is 1. The van der Waals surface area contributed by atoms with Gasteiger partial charge in [0.05, 0.1) is 32.9 Å². The van der Waals surface area contributed by atoms with Gasteiger partial charge in [0.25, 0.3) is 5.56 Å². The molecule has 0 radical (unpaired) electrons. The van der Waals surface area contributed by atoms with Crippen LogP contribution < -0.4 is 19.6 Å². The fourth-order valence-electron chi connectivity index (χ4n) is 4.37. The molecule has 0 saturated heterocycles. The highest BCUT2D eigenvalue weighted by Gasteiger charge is 2.33. The van der Waals surface area contributed by atoms with Crippen LogP contribution in [0.4, 0.5) is 0 Å². The number of benzene rings is 3. The van der Waals surface area contributed by atoms with Crippen molar-refractivity contribution in [2.45, 2.75) is 26.5 Å². The van der Waals surface area contributed by atoms with E-state index in [1.54, 1.807) is 36.6 Å². The number of ether oxygens (including phenoxy) is 2. The van der Waals surface area contributed by atoms with Crippen molar-refractivity contribution in [1.29, 1.82) is 0 Å². The van der Waals surface area contributed by atoms with Gasteiger partial charge in [-0.3, -0.25) is 9.36 Å². The van der Waals surface area contributed by atoms with Crippen molar-refractivity contribution < 1.29 is 14.3 Å². The van der Waals surface area contributed by atoms with E-state index in [1.807, 2.05) is 54.6 Å². The van der Waals surface area contributed by atoms with E-state index < -0.39 is 12.0 Å². The summed E-state index contributed by atoms with van der Waals surface area (Å²) in [5.74, 6) is 0.169. The predicted molar refractivity (Wildman–Crippen MR) is 162 cm³/mol. The minimum absolute atomic E-state index is 0.210. The molecule has 0 N–H and O–H groups in total. The molecule has 40 heavy (non-hydrogen) atoms. The zero-order valence-corrected chi connectivity index (χ0v) is 25.4. The lowest BCUT2D eigenvalue weighted by Gasteiger charge is -2.24. The number of thiazole rings is 1. The first-order valence-corrected chi connectivity index (χ1v) is 14.7. The van der Waals surface area contributed by atoms with Crippen LogP contribution in [0.15, 0.2) is 92.3 Å². The highest BCUT2D eigenvalue weighted by Crippen LogP contribution is 2.31. The third kappa shape index (κ3) is 5.95. The Balaban J connectivity index is 1.51. The molecule has 10 heteroatoms. The van der Waals surface area contributed by atoms with Crippen molar-refractivity contribution in [1.82, 2.24) is 4.57 Å². The summed E-state index contributed by atoms with van der Waals surface area (Å²) < 4.78 is 14.1. The van der Waals surface area contributed by atoms with Gasteiger partial charge in [-0.05, 0) is 88.9 Å². The van der Waals surface area contributed by atoms with Gasteiger partial charge >= 0.3 is 5.97 Å². The number of hydrogen-bond donors (Lipinski definition) is 0. The summed E-state index contributed by atoms with van der Waals surface area (Å²) in [5, 5.41) is 1.23. The first kappa shape index (κ1) is 28.4. The molecule has 1 aliphatic heterocycles. The summed E-state index contributed by atoms with van der Waals surface area (Å²) in [5.41, 5.74) is 3.12. The van der Waals surface area contributed by atoms with Gasteiger partial charge in [-0.2, -0.15) is 0 Å². The maximum atomic E-state index is 13.8. The average molecular weight is 658 g/mol. The topological polar surface area (TPSA) is 69.9 Å². The zero-order valence-electron chi connectivity index (χ0n) is 21.5. The lowest BCUT2D eigenvalue weighted by atomic mass is 9.96. The number of carbonyl (C=O) groups is 1. The normalized spacial score (nSPS) is 15.0. The quantitative estimate of drug-likeness (QED) is 0.214. The molecule has 1 aromatic heterocycles. The Morgan fingerprint density at radius 3 is 2.40 bits per heavy atom.